The number of carbonyl (C=O) groups excluding carboxylic acids is 3. The van der Waals surface area contributed by atoms with Gasteiger partial charge in [-0.05, 0) is 36.3 Å². The van der Waals surface area contributed by atoms with Gasteiger partial charge in [0.25, 0.3) is 0 Å². The molecule has 0 radical (unpaired) electrons. The number of hydrogen-bond donors (Lipinski definition) is 2. The Bertz CT molecular complexity index is 978. The molecular formula is C24H32N4O3S. The SMILES string of the molecule is CC(=O)N[C@H](C(=O)N1CCCC1C(=O)NCc1ccc(-c2scnc2C)cc1)C(C)(C)C. The number of carbonyl (C=O) groups is 3. The third-order valence-corrected chi connectivity index (χ3v) is 6.71. The monoisotopic (exact) mass is 456 g/mol. The smallest absolute Gasteiger partial charge is 0.246 e. The fourth-order valence-corrected chi connectivity index (χ4v) is 4.79. The Hall–Kier alpha value is -2.74. The summed E-state index contributed by atoms with van der Waals surface area (Å²) in [5.41, 5.74) is 4.49. The van der Waals surface area contributed by atoms with Crippen LogP contribution in [0.2, 0.25) is 0 Å². The zero-order valence-corrected chi connectivity index (χ0v) is 20.2. The molecule has 7 nitrogen and oxygen atoms in total. The quantitative estimate of drug-likeness (QED) is 0.698. The summed E-state index contributed by atoms with van der Waals surface area (Å²) in [6, 6.07) is 6.89. The van der Waals surface area contributed by atoms with Gasteiger partial charge in [-0.15, -0.1) is 11.3 Å². The number of hydrogen-bond acceptors (Lipinski definition) is 5. The van der Waals surface area contributed by atoms with Crippen molar-refractivity contribution in [3.8, 4) is 10.4 Å². The van der Waals surface area contributed by atoms with Gasteiger partial charge in [-0.2, -0.15) is 0 Å². The molecule has 2 N–H and O–H groups in total. The van der Waals surface area contributed by atoms with E-state index in [1.807, 2.05) is 57.5 Å². The van der Waals surface area contributed by atoms with Crippen LogP contribution >= 0.6 is 11.3 Å². The summed E-state index contributed by atoms with van der Waals surface area (Å²) >= 11 is 1.61. The fraction of sp³-hybridized carbons (Fsp3) is 0.500. The topological polar surface area (TPSA) is 91.4 Å². The lowest BCUT2D eigenvalue weighted by Crippen LogP contribution is -2.57. The highest BCUT2D eigenvalue weighted by Gasteiger charge is 2.41. The standard InChI is InChI=1S/C24H32N4O3S/c1-15-20(32-14-26-15)18-10-8-17(9-11-18)13-25-22(30)19-7-6-12-28(19)23(31)21(24(3,4)5)27-16(2)29/h8-11,14,19,21H,6-7,12-13H2,1-5H3,(H,25,30)(H,27,29)/t19?,21-/m1/s1. The Morgan fingerprint density at radius 2 is 1.91 bits per heavy atom. The first-order chi connectivity index (χ1) is 15.1. The van der Waals surface area contributed by atoms with Crippen LogP contribution in [0.1, 0.15) is 51.8 Å². The molecule has 172 valence electrons. The summed E-state index contributed by atoms with van der Waals surface area (Å²) < 4.78 is 0. The summed E-state index contributed by atoms with van der Waals surface area (Å²) in [5, 5.41) is 5.75. The zero-order valence-electron chi connectivity index (χ0n) is 19.4. The predicted octanol–water partition coefficient (Wildman–Crippen LogP) is 3.28. The van der Waals surface area contributed by atoms with Gasteiger partial charge in [0.1, 0.15) is 12.1 Å². The molecule has 3 amide bonds. The zero-order chi connectivity index (χ0) is 23.5. The second kappa shape index (κ2) is 9.81. The van der Waals surface area contributed by atoms with Crippen LogP contribution < -0.4 is 10.6 Å². The Labute approximate surface area is 193 Å². The highest BCUT2D eigenvalue weighted by atomic mass is 32.1. The van der Waals surface area contributed by atoms with E-state index in [1.165, 1.54) is 6.92 Å². The molecule has 1 aromatic heterocycles. The molecule has 1 aromatic carbocycles. The molecule has 1 unspecified atom stereocenters. The predicted molar refractivity (Wildman–Crippen MR) is 126 cm³/mol. The number of nitrogens with one attached hydrogen (secondary N) is 2. The van der Waals surface area contributed by atoms with Crippen LogP contribution in [0.5, 0.6) is 0 Å². The van der Waals surface area contributed by atoms with Crippen LogP contribution in [0.4, 0.5) is 0 Å². The second-order valence-electron chi connectivity index (χ2n) is 9.37. The maximum absolute atomic E-state index is 13.2. The molecule has 2 heterocycles. The third kappa shape index (κ3) is 5.54. The van der Waals surface area contributed by atoms with Crippen molar-refractivity contribution in [2.24, 2.45) is 5.41 Å². The number of amides is 3. The molecule has 0 bridgehead atoms. The van der Waals surface area contributed by atoms with E-state index in [0.717, 1.165) is 28.1 Å². The number of rotatable bonds is 6. The lowest BCUT2D eigenvalue weighted by Gasteiger charge is -2.35. The van der Waals surface area contributed by atoms with E-state index in [2.05, 4.69) is 15.6 Å². The first kappa shape index (κ1) is 23.9. The van der Waals surface area contributed by atoms with Gasteiger partial charge in [0.05, 0.1) is 16.1 Å². The Balaban J connectivity index is 1.63. The van der Waals surface area contributed by atoms with Crippen molar-refractivity contribution in [3.05, 3.63) is 41.0 Å². The van der Waals surface area contributed by atoms with Crippen molar-refractivity contribution in [1.29, 1.82) is 0 Å². The molecule has 1 fully saturated rings. The normalized spacial score (nSPS) is 17.2. The first-order valence-electron chi connectivity index (χ1n) is 10.9. The van der Waals surface area contributed by atoms with Crippen LogP contribution in [0.15, 0.2) is 29.8 Å². The van der Waals surface area contributed by atoms with Crippen LogP contribution in [-0.2, 0) is 20.9 Å². The van der Waals surface area contributed by atoms with E-state index < -0.39 is 17.5 Å². The maximum Gasteiger partial charge on any atom is 0.246 e. The van der Waals surface area contributed by atoms with E-state index in [-0.39, 0.29) is 17.7 Å². The Morgan fingerprint density at radius 3 is 2.47 bits per heavy atom. The number of aromatic nitrogens is 1. The molecule has 1 saturated heterocycles. The van der Waals surface area contributed by atoms with Gasteiger partial charge in [0, 0.05) is 20.0 Å². The van der Waals surface area contributed by atoms with Gasteiger partial charge in [-0.3, -0.25) is 14.4 Å². The third-order valence-electron chi connectivity index (χ3n) is 5.73. The summed E-state index contributed by atoms with van der Waals surface area (Å²) in [6.07, 6.45) is 1.39. The lowest BCUT2D eigenvalue weighted by atomic mass is 9.85. The second-order valence-corrected chi connectivity index (χ2v) is 10.2. The molecule has 0 saturated carbocycles. The van der Waals surface area contributed by atoms with Crippen molar-refractivity contribution in [2.45, 2.75) is 66.1 Å². The van der Waals surface area contributed by atoms with Crippen LogP contribution in [0.3, 0.4) is 0 Å². The summed E-state index contributed by atoms with van der Waals surface area (Å²) in [5.74, 6) is -0.612. The van der Waals surface area contributed by atoms with E-state index >= 15 is 0 Å². The van der Waals surface area contributed by atoms with Gasteiger partial charge in [-0.25, -0.2) is 4.98 Å². The largest absolute Gasteiger partial charge is 0.350 e. The average Bonchev–Trinajstić information content (AvgIpc) is 3.38. The van der Waals surface area contributed by atoms with E-state index in [4.69, 9.17) is 0 Å². The molecular weight excluding hydrogens is 424 g/mol. The van der Waals surface area contributed by atoms with E-state index in [1.54, 1.807) is 16.2 Å². The number of nitrogens with zero attached hydrogens (tertiary/aromatic N) is 2. The number of aryl methyl sites for hydroxylation is 1. The minimum absolute atomic E-state index is 0.159. The molecule has 8 heteroatoms. The van der Waals surface area contributed by atoms with Gasteiger partial charge in [0.15, 0.2) is 0 Å². The van der Waals surface area contributed by atoms with Crippen molar-refractivity contribution in [3.63, 3.8) is 0 Å². The summed E-state index contributed by atoms with van der Waals surface area (Å²) in [4.78, 5) is 44.9. The Morgan fingerprint density at radius 1 is 1.22 bits per heavy atom. The van der Waals surface area contributed by atoms with Crippen LogP contribution in [-0.4, -0.2) is 46.2 Å². The van der Waals surface area contributed by atoms with Crippen LogP contribution in [0.25, 0.3) is 10.4 Å². The number of thiazole rings is 1. The minimum atomic E-state index is -0.670. The molecule has 1 aliphatic rings. The molecule has 0 spiro atoms. The first-order valence-corrected chi connectivity index (χ1v) is 11.8. The molecule has 2 aromatic rings. The van der Waals surface area contributed by atoms with Crippen molar-refractivity contribution < 1.29 is 14.4 Å². The maximum atomic E-state index is 13.2. The summed E-state index contributed by atoms with van der Waals surface area (Å²) in [7, 11) is 0. The van der Waals surface area contributed by atoms with Crippen molar-refractivity contribution in [2.75, 3.05) is 6.54 Å². The number of benzene rings is 1. The highest BCUT2D eigenvalue weighted by molar-refractivity contribution is 7.13. The summed E-state index contributed by atoms with van der Waals surface area (Å²) in [6.45, 7) is 10.0. The molecule has 0 aliphatic carbocycles. The lowest BCUT2D eigenvalue weighted by molar-refractivity contribution is -0.143. The van der Waals surface area contributed by atoms with Crippen molar-refractivity contribution in [1.82, 2.24) is 20.5 Å². The molecule has 2 atom stereocenters. The Kier molecular flexibility index (Phi) is 7.33. The molecule has 1 aliphatic heterocycles. The van der Waals surface area contributed by atoms with Gasteiger partial charge >= 0.3 is 0 Å². The molecule has 3 rings (SSSR count). The molecule has 32 heavy (non-hydrogen) atoms. The van der Waals surface area contributed by atoms with Crippen LogP contribution in [0, 0.1) is 12.3 Å². The van der Waals surface area contributed by atoms with Gasteiger partial charge < -0.3 is 15.5 Å². The van der Waals surface area contributed by atoms with Gasteiger partial charge in [0.2, 0.25) is 17.7 Å². The van der Waals surface area contributed by atoms with Crippen molar-refractivity contribution >= 4 is 29.1 Å². The minimum Gasteiger partial charge on any atom is -0.350 e. The van der Waals surface area contributed by atoms with Gasteiger partial charge in [-0.1, -0.05) is 45.0 Å². The number of likely N-dealkylation sites (tertiary alicyclic amines) is 1. The van der Waals surface area contributed by atoms with E-state index in [0.29, 0.717) is 19.5 Å². The fourth-order valence-electron chi connectivity index (χ4n) is 3.98. The highest BCUT2D eigenvalue weighted by Crippen LogP contribution is 2.28. The average molecular weight is 457 g/mol. The van der Waals surface area contributed by atoms with E-state index in [9.17, 15) is 14.4 Å².